The summed E-state index contributed by atoms with van der Waals surface area (Å²) in [5, 5.41) is 0. The van der Waals surface area contributed by atoms with E-state index in [1.165, 1.54) is 141 Å². The molecule has 36 heavy (non-hydrogen) atoms. The van der Waals surface area contributed by atoms with Crippen molar-refractivity contribution in [3.05, 3.63) is 0 Å². The van der Waals surface area contributed by atoms with E-state index in [4.69, 9.17) is 4.52 Å². The van der Waals surface area contributed by atoms with E-state index < -0.39 is 0 Å². The Morgan fingerprint density at radius 3 is 1.64 bits per heavy atom. The minimum atomic E-state index is 0.164. The zero-order valence-electron chi connectivity index (χ0n) is 24.5. The molecule has 1 aliphatic carbocycles. The van der Waals surface area contributed by atoms with Crippen molar-refractivity contribution in [2.24, 2.45) is 5.92 Å². The molecule has 0 aromatic carbocycles. The highest BCUT2D eigenvalue weighted by Gasteiger charge is 2.35. The van der Waals surface area contributed by atoms with Crippen LogP contribution in [-0.2, 0) is 9.32 Å². The highest BCUT2D eigenvalue weighted by Crippen LogP contribution is 2.44. The summed E-state index contributed by atoms with van der Waals surface area (Å²) < 4.78 is 5.89. The molecule has 6 unspecified atom stereocenters. The quantitative estimate of drug-likeness (QED) is 0.0820. The standard InChI is InChI=1S/C31H63O2P3/c1-4-7-10-13-16-19-24-34-28-22-23-29(30(27-28)35-25-20-17-14-11-8-5-2)31(32)33-36-26-21-18-15-12-9-6-3/h28-30,34-36H,4-27H2,1-3H3. The lowest BCUT2D eigenvalue weighted by Gasteiger charge is -2.35. The smallest absolute Gasteiger partial charge is 0.311 e. The zero-order valence-corrected chi connectivity index (χ0v) is 27.5. The van der Waals surface area contributed by atoms with Crippen LogP contribution in [0.15, 0.2) is 0 Å². The van der Waals surface area contributed by atoms with E-state index in [0.29, 0.717) is 14.5 Å². The average molecular weight is 561 g/mol. The lowest BCUT2D eigenvalue weighted by Crippen LogP contribution is -2.33. The molecule has 0 aromatic heterocycles. The summed E-state index contributed by atoms with van der Waals surface area (Å²) in [5.41, 5.74) is 1.50. The molecule has 5 heteroatoms. The van der Waals surface area contributed by atoms with Crippen molar-refractivity contribution in [1.29, 1.82) is 0 Å². The molecule has 6 atom stereocenters. The summed E-state index contributed by atoms with van der Waals surface area (Å²) in [6, 6.07) is 0. The first-order valence-electron chi connectivity index (χ1n) is 16.1. The first-order valence-corrected chi connectivity index (χ1v) is 19.8. The molecule has 1 aliphatic rings. The second-order valence-electron chi connectivity index (χ2n) is 11.2. The Hall–Kier alpha value is 0.760. The number of unbranched alkanes of at least 4 members (excludes halogenated alkanes) is 15. The van der Waals surface area contributed by atoms with Crippen LogP contribution in [0.3, 0.4) is 0 Å². The zero-order chi connectivity index (χ0) is 26.1. The van der Waals surface area contributed by atoms with Crippen molar-refractivity contribution in [2.45, 2.75) is 167 Å². The second kappa shape index (κ2) is 26.0. The van der Waals surface area contributed by atoms with Crippen LogP contribution in [0.4, 0.5) is 0 Å². The molecule has 0 heterocycles. The van der Waals surface area contributed by atoms with Crippen LogP contribution in [0.2, 0.25) is 0 Å². The van der Waals surface area contributed by atoms with Gasteiger partial charge in [0.2, 0.25) is 0 Å². The predicted molar refractivity (Wildman–Crippen MR) is 171 cm³/mol. The average Bonchev–Trinajstić information content (AvgIpc) is 2.89. The normalized spacial score (nSPS) is 21.0. The predicted octanol–water partition coefficient (Wildman–Crippen LogP) is 11.1. The molecular formula is C31H63O2P3. The van der Waals surface area contributed by atoms with Crippen LogP contribution >= 0.6 is 26.0 Å². The van der Waals surface area contributed by atoms with Gasteiger partial charge in [0.15, 0.2) is 0 Å². The molecule has 214 valence electrons. The summed E-state index contributed by atoms with van der Waals surface area (Å²) in [6.07, 6.45) is 32.2. The maximum atomic E-state index is 13.1. The molecule has 0 aliphatic heterocycles. The van der Waals surface area contributed by atoms with Gasteiger partial charge in [0.05, 0.1) is 14.7 Å². The van der Waals surface area contributed by atoms with Crippen molar-refractivity contribution in [3.8, 4) is 0 Å². The van der Waals surface area contributed by atoms with Crippen molar-refractivity contribution in [2.75, 3.05) is 18.5 Å². The molecule has 0 aromatic rings. The summed E-state index contributed by atoms with van der Waals surface area (Å²) in [5.74, 6) is 0.369. The first-order chi connectivity index (χ1) is 17.7. The van der Waals surface area contributed by atoms with Gasteiger partial charge in [-0.05, 0) is 62.2 Å². The van der Waals surface area contributed by atoms with Gasteiger partial charge in [0.1, 0.15) is 0 Å². The monoisotopic (exact) mass is 560 g/mol. The van der Waals surface area contributed by atoms with E-state index >= 15 is 0 Å². The summed E-state index contributed by atoms with van der Waals surface area (Å²) in [6.45, 7) is 6.86. The molecule has 0 radical (unpaired) electrons. The molecule has 2 nitrogen and oxygen atoms in total. The van der Waals surface area contributed by atoms with Gasteiger partial charge in [0.25, 0.3) is 0 Å². The maximum absolute atomic E-state index is 13.1. The molecule has 1 saturated carbocycles. The first kappa shape index (κ1) is 34.8. The third kappa shape index (κ3) is 18.9. The Morgan fingerprint density at radius 2 is 1.08 bits per heavy atom. The Kier molecular flexibility index (Phi) is 25.1. The summed E-state index contributed by atoms with van der Waals surface area (Å²) >= 11 is 0. The third-order valence-electron chi connectivity index (χ3n) is 7.86. The van der Waals surface area contributed by atoms with Crippen LogP contribution in [0, 0.1) is 5.92 Å². The van der Waals surface area contributed by atoms with Gasteiger partial charge in [-0.3, -0.25) is 4.79 Å². The van der Waals surface area contributed by atoms with E-state index in [-0.39, 0.29) is 11.9 Å². The largest absolute Gasteiger partial charge is 0.448 e. The van der Waals surface area contributed by atoms with Gasteiger partial charge in [-0.25, -0.2) is 0 Å². The lowest BCUT2D eigenvalue weighted by molar-refractivity contribution is -0.138. The molecule has 0 bridgehead atoms. The molecule has 0 spiro atoms. The number of carbonyl (C=O) groups excluding carboxylic acids is 1. The van der Waals surface area contributed by atoms with E-state index in [0.717, 1.165) is 35.4 Å². The Bertz CT molecular complexity index is 488. The fraction of sp³-hybridized carbons (Fsp3) is 0.968. The number of rotatable bonds is 25. The highest BCUT2D eigenvalue weighted by molar-refractivity contribution is 7.40. The molecule has 1 fully saturated rings. The SMILES string of the molecule is CCCCCCCCPOC(=O)C1CCC(PCCCCCCCC)CC1PCCCCCCCC. The maximum Gasteiger partial charge on any atom is 0.311 e. The van der Waals surface area contributed by atoms with Gasteiger partial charge in [0, 0.05) is 6.16 Å². The van der Waals surface area contributed by atoms with Crippen molar-refractivity contribution < 1.29 is 9.32 Å². The van der Waals surface area contributed by atoms with Gasteiger partial charge in [-0.15, -0.1) is 17.2 Å². The van der Waals surface area contributed by atoms with Gasteiger partial charge < -0.3 is 4.52 Å². The molecule has 0 N–H and O–H groups in total. The van der Waals surface area contributed by atoms with Crippen LogP contribution in [0.1, 0.15) is 156 Å². The van der Waals surface area contributed by atoms with E-state index in [2.05, 4.69) is 20.8 Å². The highest BCUT2D eigenvalue weighted by atomic mass is 31.1. The molecular weight excluding hydrogens is 497 g/mol. The van der Waals surface area contributed by atoms with Crippen molar-refractivity contribution in [1.82, 2.24) is 0 Å². The van der Waals surface area contributed by atoms with Crippen LogP contribution in [-0.4, -0.2) is 35.8 Å². The minimum Gasteiger partial charge on any atom is -0.448 e. The topological polar surface area (TPSA) is 26.3 Å². The summed E-state index contributed by atoms with van der Waals surface area (Å²) in [4.78, 5) is 13.1. The van der Waals surface area contributed by atoms with Gasteiger partial charge in [-0.2, -0.15) is 0 Å². The Labute approximate surface area is 232 Å². The third-order valence-corrected chi connectivity index (χ3v) is 12.3. The van der Waals surface area contributed by atoms with Crippen LogP contribution in [0.5, 0.6) is 0 Å². The van der Waals surface area contributed by atoms with Crippen LogP contribution < -0.4 is 0 Å². The van der Waals surface area contributed by atoms with E-state index in [1.54, 1.807) is 0 Å². The number of hydrogen-bond acceptors (Lipinski definition) is 2. The minimum absolute atomic E-state index is 0.164. The van der Waals surface area contributed by atoms with E-state index in [9.17, 15) is 4.79 Å². The fourth-order valence-electron chi connectivity index (χ4n) is 5.44. The molecule has 1 rings (SSSR count). The van der Waals surface area contributed by atoms with Crippen molar-refractivity contribution >= 4 is 31.9 Å². The van der Waals surface area contributed by atoms with Crippen LogP contribution in [0.25, 0.3) is 0 Å². The Balaban J connectivity index is 2.36. The molecule has 0 saturated heterocycles. The van der Waals surface area contributed by atoms with Gasteiger partial charge >= 0.3 is 5.97 Å². The summed E-state index contributed by atoms with van der Waals surface area (Å²) in [7, 11) is 2.48. The van der Waals surface area contributed by atoms with Crippen molar-refractivity contribution in [3.63, 3.8) is 0 Å². The number of hydrogen-bond donors (Lipinski definition) is 0. The Morgan fingerprint density at radius 1 is 0.611 bits per heavy atom. The molecule has 0 amide bonds. The second-order valence-corrected chi connectivity index (χ2v) is 15.6. The van der Waals surface area contributed by atoms with Gasteiger partial charge in [-0.1, -0.05) is 117 Å². The fourth-order valence-corrected chi connectivity index (χ4v) is 9.99. The van der Waals surface area contributed by atoms with E-state index in [1.807, 2.05) is 0 Å². The number of carbonyl (C=O) groups is 1. The lowest BCUT2D eigenvalue weighted by atomic mass is 9.88.